The monoisotopic (exact) mass is 282 g/mol. The fourth-order valence-corrected chi connectivity index (χ4v) is 2.01. The molecule has 0 aliphatic heterocycles. The largest absolute Gasteiger partial charge is 0.373 e. The quantitative estimate of drug-likeness (QED) is 0.874. The molecule has 0 saturated heterocycles. The number of aromatic nitrogens is 3. The number of aryl methyl sites for hydroxylation is 1. The predicted octanol–water partition coefficient (Wildman–Crippen LogP) is 2.14. The van der Waals surface area contributed by atoms with Crippen LogP contribution in [0.4, 0.5) is 11.6 Å². The predicted molar refractivity (Wildman–Crippen MR) is 81.8 cm³/mol. The minimum absolute atomic E-state index is 0.443. The van der Waals surface area contributed by atoms with Gasteiger partial charge in [0.2, 0.25) is 0 Å². The van der Waals surface area contributed by atoms with Crippen LogP contribution in [0.3, 0.4) is 0 Å². The summed E-state index contributed by atoms with van der Waals surface area (Å²) >= 11 is 0. The molecule has 0 aliphatic rings. The van der Waals surface area contributed by atoms with Crippen molar-refractivity contribution in [3.63, 3.8) is 0 Å². The summed E-state index contributed by atoms with van der Waals surface area (Å²) in [5.41, 5.74) is 1.08. The Labute approximate surface area is 124 Å². The molecule has 0 saturated carbocycles. The van der Waals surface area contributed by atoms with E-state index < -0.39 is 0 Å². The SMILES string of the molecule is CNc1cc(N(CCC#N)Cc2cccnc2)nc(C)n1. The average Bonchev–Trinajstić information content (AvgIpc) is 2.51. The molecule has 6 heteroatoms. The first kappa shape index (κ1) is 14.7. The van der Waals surface area contributed by atoms with Gasteiger partial charge in [0.15, 0.2) is 0 Å². The smallest absolute Gasteiger partial charge is 0.134 e. The molecular weight excluding hydrogens is 264 g/mol. The second-order valence-corrected chi connectivity index (χ2v) is 4.60. The zero-order valence-corrected chi connectivity index (χ0v) is 12.2. The number of nitrogens with one attached hydrogen (secondary N) is 1. The Morgan fingerprint density at radius 1 is 1.38 bits per heavy atom. The first-order valence-corrected chi connectivity index (χ1v) is 6.77. The second kappa shape index (κ2) is 7.20. The zero-order valence-electron chi connectivity index (χ0n) is 12.2. The highest BCUT2D eigenvalue weighted by Crippen LogP contribution is 2.18. The van der Waals surface area contributed by atoms with Crippen LogP contribution in [0.1, 0.15) is 17.8 Å². The maximum absolute atomic E-state index is 8.85. The van der Waals surface area contributed by atoms with Gasteiger partial charge in [-0.2, -0.15) is 5.26 Å². The molecule has 0 aromatic carbocycles. The fraction of sp³-hybridized carbons (Fsp3) is 0.333. The van der Waals surface area contributed by atoms with Crippen molar-refractivity contribution in [1.82, 2.24) is 15.0 Å². The zero-order chi connectivity index (χ0) is 15.1. The highest BCUT2D eigenvalue weighted by molar-refractivity contribution is 5.49. The van der Waals surface area contributed by atoms with E-state index in [4.69, 9.17) is 5.26 Å². The van der Waals surface area contributed by atoms with E-state index in [9.17, 15) is 0 Å². The number of nitrogens with zero attached hydrogens (tertiary/aromatic N) is 5. The van der Waals surface area contributed by atoms with E-state index in [1.165, 1.54) is 0 Å². The first-order chi connectivity index (χ1) is 10.2. The van der Waals surface area contributed by atoms with Gasteiger partial charge in [0, 0.05) is 38.6 Å². The molecule has 21 heavy (non-hydrogen) atoms. The van der Waals surface area contributed by atoms with Crippen LogP contribution in [0.2, 0.25) is 0 Å². The van der Waals surface area contributed by atoms with Crippen LogP contribution < -0.4 is 10.2 Å². The Bertz CT molecular complexity index is 620. The van der Waals surface area contributed by atoms with Gasteiger partial charge in [-0.3, -0.25) is 4.98 Å². The Balaban J connectivity index is 2.27. The molecular formula is C15H18N6. The van der Waals surface area contributed by atoms with Crippen molar-refractivity contribution in [3.8, 4) is 6.07 Å². The van der Waals surface area contributed by atoms with Crippen molar-refractivity contribution >= 4 is 11.6 Å². The van der Waals surface area contributed by atoms with Crippen LogP contribution >= 0.6 is 0 Å². The summed E-state index contributed by atoms with van der Waals surface area (Å²) in [6, 6.07) is 7.99. The van der Waals surface area contributed by atoms with Gasteiger partial charge >= 0.3 is 0 Å². The molecule has 0 aliphatic carbocycles. The number of hydrogen-bond acceptors (Lipinski definition) is 6. The molecule has 0 radical (unpaired) electrons. The summed E-state index contributed by atoms with van der Waals surface area (Å²) in [5, 5.41) is 11.9. The van der Waals surface area contributed by atoms with E-state index in [-0.39, 0.29) is 0 Å². The summed E-state index contributed by atoms with van der Waals surface area (Å²) < 4.78 is 0. The van der Waals surface area contributed by atoms with Gasteiger partial charge in [-0.1, -0.05) is 6.07 Å². The standard InChI is InChI=1S/C15H18N6/c1-12-19-14(17-2)9-15(20-12)21(8-4-6-16)11-13-5-3-7-18-10-13/h3,5,7,9-10H,4,8,11H2,1-2H3,(H,17,19,20). The van der Waals surface area contributed by atoms with Gasteiger partial charge in [-0.15, -0.1) is 0 Å². The van der Waals surface area contributed by atoms with Crippen LogP contribution in [0, 0.1) is 18.3 Å². The number of anilines is 2. The second-order valence-electron chi connectivity index (χ2n) is 4.60. The van der Waals surface area contributed by atoms with Crippen molar-refractivity contribution in [2.75, 3.05) is 23.8 Å². The van der Waals surface area contributed by atoms with Crippen molar-refractivity contribution in [3.05, 3.63) is 42.0 Å². The van der Waals surface area contributed by atoms with E-state index >= 15 is 0 Å². The molecule has 0 amide bonds. The summed E-state index contributed by atoms with van der Waals surface area (Å²) in [6.45, 7) is 3.14. The fourth-order valence-electron chi connectivity index (χ4n) is 2.01. The van der Waals surface area contributed by atoms with Crippen molar-refractivity contribution in [1.29, 1.82) is 5.26 Å². The minimum atomic E-state index is 0.443. The molecule has 2 aromatic rings. The van der Waals surface area contributed by atoms with Crippen LogP contribution in [0.15, 0.2) is 30.6 Å². The molecule has 6 nitrogen and oxygen atoms in total. The van der Waals surface area contributed by atoms with Crippen molar-refractivity contribution in [2.24, 2.45) is 0 Å². The van der Waals surface area contributed by atoms with E-state index in [0.717, 1.165) is 17.2 Å². The number of nitriles is 1. The van der Waals surface area contributed by atoms with Crippen molar-refractivity contribution in [2.45, 2.75) is 19.9 Å². The third kappa shape index (κ3) is 4.14. The van der Waals surface area contributed by atoms with Crippen LogP contribution in [-0.4, -0.2) is 28.5 Å². The minimum Gasteiger partial charge on any atom is -0.373 e. The van der Waals surface area contributed by atoms with Gasteiger partial charge < -0.3 is 10.2 Å². The lowest BCUT2D eigenvalue weighted by molar-refractivity contribution is 0.774. The molecule has 0 fully saturated rings. The summed E-state index contributed by atoms with van der Waals surface area (Å²) in [6.07, 6.45) is 4.02. The van der Waals surface area contributed by atoms with Gasteiger partial charge in [0.05, 0.1) is 12.5 Å². The Morgan fingerprint density at radius 3 is 2.90 bits per heavy atom. The van der Waals surface area contributed by atoms with E-state index in [1.807, 2.05) is 38.4 Å². The molecule has 1 N–H and O–H groups in total. The Kier molecular flexibility index (Phi) is 5.04. The molecule has 0 bridgehead atoms. The topological polar surface area (TPSA) is 77.7 Å². The first-order valence-electron chi connectivity index (χ1n) is 6.77. The van der Waals surface area contributed by atoms with E-state index in [1.54, 1.807) is 6.20 Å². The number of rotatable bonds is 6. The molecule has 0 spiro atoms. The van der Waals surface area contributed by atoms with Gasteiger partial charge in [0.1, 0.15) is 17.5 Å². The van der Waals surface area contributed by atoms with Crippen LogP contribution in [0.5, 0.6) is 0 Å². The molecule has 0 unspecified atom stereocenters. The van der Waals surface area contributed by atoms with E-state index in [0.29, 0.717) is 25.3 Å². The third-order valence-corrected chi connectivity index (χ3v) is 2.99. The molecule has 2 rings (SSSR count). The molecule has 108 valence electrons. The Morgan fingerprint density at radius 2 is 2.24 bits per heavy atom. The van der Waals surface area contributed by atoms with E-state index in [2.05, 4.69) is 31.2 Å². The number of pyridine rings is 1. The lowest BCUT2D eigenvalue weighted by Crippen LogP contribution is -2.25. The maximum atomic E-state index is 8.85. The van der Waals surface area contributed by atoms with Gasteiger partial charge in [-0.25, -0.2) is 9.97 Å². The molecule has 0 atom stereocenters. The number of hydrogen-bond donors (Lipinski definition) is 1. The molecule has 2 heterocycles. The average molecular weight is 282 g/mol. The summed E-state index contributed by atoms with van der Waals surface area (Å²) in [4.78, 5) is 15.0. The highest BCUT2D eigenvalue weighted by Gasteiger charge is 2.11. The molecule has 2 aromatic heterocycles. The highest BCUT2D eigenvalue weighted by atomic mass is 15.2. The lowest BCUT2D eigenvalue weighted by Gasteiger charge is -2.23. The lowest BCUT2D eigenvalue weighted by atomic mass is 10.2. The maximum Gasteiger partial charge on any atom is 0.134 e. The van der Waals surface area contributed by atoms with Crippen LogP contribution in [0.25, 0.3) is 0 Å². The summed E-state index contributed by atoms with van der Waals surface area (Å²) in [5.74, 6) is 2.28. The Hall–Kier alpha value is -2.68. The van der Waals surface area contributed by atoms with Gasteiger partial charge in [0.25, 0.3) is 0 Å². The van der Waals surface area contributed by atoms with Crippen LogP contribution in [-0.2, 0) is 6.54 Å². The third-order valence-electron chi connectivity index (χ3n) is 2.99. The van der Waals surface area contributed by atoms with Crippen molar-refractivity contribution < 1.29 is 0 Å². The van der Waals surface area contributed by atoms with Gasteiger partial charge in [-0.05, 0) is 18.6 Å². The summed E-state index contributed by atoms with van der Waals surface area (Å²) in [7, 11) is 1.83. The normalized spacial score (nSPS) is 9.95.